The maximum Gasteiger partial charge on any atom is 0.171 e. The zero-order valence-corrected chi connectivity index (χ0v) is 16.5. The van der Waals surface area contributed by atoms with Gasteiger partial charge in [-0.25, -0.2) is 0 Å². The van der Waals surface area contributed by atoms with E-state index in [4.69, 9.17) is 9.47 Å². The third kappa shape index (κ3) is 2.10. The van der Waals surface area contributed by atoms with Crippen molar-refractivity contribution in [1.29, 1.82) is 0 Å². The van der Waals surface area contributed by atoms with Crippen molar-refractivity contribution in [1.82, 2.24) is 0 Å². The van der Waals surface area contributed by atoms with E-state index in [2.05, 4.69) is 26.8 Å². The lowest BCUT2D eigenvalue weighted by Gasteiger charge is -2.63. The van der Waals surface area contributed by atoms with E-state index in [1.54, 1.807) is 5.57 Å². The van der Waals surface area contributed by atoms with Crippen LogP contribution in [0, 0.1) is 34.5 Å². The van der Waals surface area contributed by atoms with Crippen molar-refractivity contribution < 1.29 is 9.47 Å². The smallest absolute Gasteiger partial charge is 0.171 e. The molecule has 4 aliphatic carbocycles. The SMILES string of the molecule is CCC1=CCC2C3CCC4C5(CCCC4(C)C3CCC12C)OCCO5. The maximum atomic E-state index is 6.30. The van der Waals surface area contributed by atoms with Crippen LogP contribution in [-0.4, -0.2) is 19.0 Å². The van der Waals surface area contributed by atoms with Crippen molar-refractivity contribution in [3.63, 3.8) is 0 Å². The molecule has 2 nitrogen and oxygen atoms in total. The summed E-state index contributed by atoms with van der Waals surface area (Å²) >= 11 is 0. The van der Waals surface area contributed by atoms with Gasteiger partial charge in [0, 0.05) is 12.3 Å². The predicted molar refractivity (Wildman–Crippen MR) is 100 cm³/mol. The minimum atomic E-state index is -0.221. The lowest BCUT2D eigenvalue weighted by Crippen LogP contribution is -2.59. The predicted octanol–water partition coefficient (Wildman–Crippen LogP) is 5.72. The summed E-state index contributed by atoms with van der Waals surface area (Å²) < 4.78 is 12.6. The Labute approximate surface area is 153 Å². The van der Waals surface area contributed by atoms with Gasteiger partial charge in [0.15, 0.2) is 5.79 Å². The van der Waals surface area contributed by atoms with Crippen LogP contribution in [0.3, 0.4) is 0 Å². The molecule has 5 rings (SSSR count). The molecule has 0 N–H and O–H groups in total. The molecular weight excluding hydrogens is 308 g/mol. The Bertz CT molecular complexity index is 575. The fraction of sp³-hybridized carbons (Fsp3) is 0.913. The first-order valence-corrected chi connectivity index (χ1v) is 11.0. The topological polar surface area (TPSA) is 18.5 Å². The lowest BCUT2D eigenvalue weighted by atomic mass is 9.44. The Morgan fingerprint density at radius 1 is 1.00 bits per heavy atom. The van der Waals surface area contributed by atoms with Gasteiger partial charge in [-0.15, -0.1) is 0 Å². The van der Waals surface area contributed by atoms with Crippen LogP contribution in [0.25, 0.3) is 0 Å². The molecule has 1 aliphatic heterocycles. The van der Waals surface area contributed by atoms with Crippen LogP contribution in [0.4, 0.5) is 0 Å². The second kappa shape index (κ2) is 5.58. The average Bonchev–Trinajstić information content (AvgIpc) is 3.19. The third-order valence-corrected chi connectivity index (χ3v) is 9.54. The normalized spacial score (nSPS) is 50.9. The number of hydrogen-bond donors (Lipinski definition) is 0. The number of hydrogen-bond acceptors (Lipinski definition) is 2. The van der Waals surface area contributed by atoms with Crippen molar-refractivity contribution in [2.24, 2.45) is 34.5 Å². The molecule has 6 unspecified atom stereocenters. The Balaban J connectivity index is 1.46. The highest BCUT2D eigenvalue weighted by molar-refractivity contribution is 5.25. The van der Waals surface area contributed by atoms with Gasteiger partial charge in [0.05, 0.1) is 13.2 Å². The van der Waals surface area contributed by atoms with Crippen LogP contribution in [-0.2, 0) is 9.47 Å². The Kier molecular flexibility index (Phi) is 3.75. The van der Waals surface area contributed by atoms with Crippen molar-refractivity contribution in [3.8, 4) is 0 Å². The largest absolute Gasteiger partial charge is 0.347 e. The zero-order valence-electron chi connectivity index (χ0n) is 16.5. The molecule has 0 aromatic heterocycles. The molecule has 1 spiro atoms. The quantitative estimate of drug-likeness (QED) is 0.567. The molecule has 1 saturated heterocycles. The molecular formula is C23H36O2. The van der Waals surface area contributed by atoms with E-state index in [-0.39, 0.29) is 5.79 Å². The van der Waals surface area contributed by atoms with Crippen molar-refractivity contribution >= 4 is 0 Å². The molecule has 25 heavy (non-hydrogen) atoms. The van der Waals surface area contributed by atoms with E-state index in [0.717, 1.165) is 37.4 Å². The molecule has 140 valence electrons. The van der Waals surface area contributed by atoms with Gasteiger partial charge >= 0.3 is 0 Å². The van der Waals surface area contributed by atoms with E-state index < -0.39 is 0 Å². The number of rotatable bonds is 1. The molecule has 4 fully saturated rings. The van der Waals surface area contributed by atoms with Crippen molar-refractivity contribution in [2.45, 2.75) is 84.3 Å². The van der Waals surface area contributed by atoms with Crippen LogP contribution >= 0.6 is 0 Å². The molecule has 1 heterocycles. The van der Waals surface area contributed by atoms with Gasteiger partial charge in [-0.2, -0.15) is 0 Å². The van der Waals surface area contributed by atoms with Gasteiger partial charge in [0.25, 0.3) is 0 Å². The molecule has 0 radical (unpaired) electrons. The first-order chi connectivity index (χ1) is 12.0. The van der Waals surface area contributed by atoms with Crippen molar-refractivity contribution in [3.05, 3.63) is 11.6 Å². The molecule has 0 bridgehead atoms. The van der Waals surface area contributed by atoms with Crippen LogP contribution in [0.1, 0.15) is 78.6 Å². The summed E-state index contributed by atoms with van der Waals surface area (Å²) in [7, 11) is 0. The van der Waals surface area contributed by atoms with Gasteiger partial charge < -0.3 is 9.47 Å². The van der Waals surface area contributed by atoms with Crippen LogP contribution in [0.2, 0.25) is 0 Å². The molecule has 2 heteroatoms. The summed E-state index contributed by atoms with van der Waals surface area (Å²) in [6.45, 7) is 9.20. The summed E-state index contributed by atoms with van der Waals surface area (Å²) in [5.74, 6) is 3.13. The van der Waals surface area contributed by atoms with E-state index in [0.29, 0.717) is 16.7 Å². The summed E-state index contributed by atoms with van der Waals surface area (Å²) in [6.07, 6.45) is 14.6. The number of ether oxygens (including phenoxy) is 2. The van der Waals surface area contributed by atoms with Gasteiger partial charge in [0.2, 0.25) is 0 Å². The second-order valence-corrected chi connectivity index (χ2v) is 10.1. The van der Waals surface area contributed by atoms with Crippen molar-refractivity contribution in [2.75, 3.05) is 13.2 Å². The monoisotopic (exact) mass is 344 g/mol. The van der Waals surface area contributed by atoms with E-state index in [9.17, 15) is 0 Å². The Morgan fingerprint density at radius 3 is 2.56 bits per heavy atom. The highest BCUT2D eigenvalue weighted by Gasteiger charge is 2.63. The first kappa shape index (κ1) is 16.8. The summed E-state index contributed by atoms with van der Waals surface area (Å²) in [5.41, 5.74) is 2.71. The fourth-order valence-electron chi connectivity index (χ4n) is 8.45. The summed E-state index contributed by atoms with van der Waals surface area (Å²) in [6, 6.07) is 0. The lowest BCUT2D eigenvalue weighted by molar-refractivity contribution is -0.272. The first-order valence-electron chi connectivity index (χ1n) is 11.0. The summed E-state index contributed by atoms with van der Waals surface area (Å²) in [5, 5.41) is 0. The molecule has 3 saturated carbocycles. The molecule has 5 aliphatic rings. The highest BCUT2D eigenvalue weighted by atomic mass is 16.7. The van der Waals surface area contributed by atoms with Crippen LogP contribution in [0.5, 0.6) is 0 Å². The second-order valence-electron chi connectivity index (χ2n) is 10.1. The van der Waals surface area contributed by atoms with Crippen LogP contribution < -0.4 is 0 Å². The van der Waals surface area contributed by atoms with Gasteiger partial charge in [0.1, 0.15) is 0 Å². The molecule has 0 aromatic rings. The minimum Gasteiger partial charge on any atom is -0.347 e. The number of allylic oxidation sites excluding steroid dienone is 2. The van der Waals surface area contributed by atoms with E-state index in [1.165, 1.54) is 51.4 Å². The zero-order chi connectivity index (χ0) is 17.3. The standard InChI is InChI=1S/C23H36O2/c1-4-16-6-8-18-17-7-9-20-22(3,19(17)10-13-21(16,18)2)11-5-12-23(20)24-14-15-25-23/h6,17-20H,4-5,7-15H2,1-3H3. The third-order valence-electron chi connectivity index (χ3n) is 9.54. The van der Waals surface area contributed by atoms with Gasteiger partial charge in [-0.05, 0) is 80.0 Å². The van der Waals surface area contributed by atoms with Crippen LogP contribution in [0.15, 0.2) is 11.6 Å². The molecule has 6 atom stereocenters. The minimum absolute atomic E-state index is 0.221. The van der Waals surface area contributed by atoms with E-state index in [1.807, 2.05) is 0 Å². The maximum absolute atomic E-state index is 6.30. The molecule has 0 amide bonds. The Morgan fingerprint density at radius 2 is 1.80 bits per heavy atom. The highest BCUT2D eigenvalue weighted by Crippen LogP contribution is 2.68. The Hall–Kier alpha value is -0.340. The van der Waals surface area contributed by atoms with Gasteiger partial charge in [-0.1, -0.05) is 32.4 Å². The van der Waals surface area contributed by atoms with Gasteiger partial charge in [-0.3, -0.25) is 0 Å². The summed E-state index contributed by atoms with van der Waals surface area (Å²) in [4.78, 5) is 0. The number of fused-ring (bicyclic) bond motifs is 6. The van der Waals surface area contributed by atoms with E-state index >= 15 is 0 Å². The fourth-order valence-corrected chi connectivity index (χ4v) is 8.45. The molecule has 0 aromatic carbocycles. The average molecular weight is 345 g/mol.